The van der Waals surface area contributed by atoms with Gasteiger partial charge in [0.15, 0.2) is 0 Å². The Morgan fingerprint density at radius 2 is 1.95 bits per heavy atom. The van der Waals surface area contributed by atoms with Crippen molar-refractivity contribution in [1.82, 2.24) is 20.5 Å². The van der Waals surface area contributed by atoms with Crippen LogP contribution in [0.4, 0.5) is 0 Å². The summed E-state index contributed by atoms with van der Waals surface area (Å²) in [5, 5.41) is 9.75. The first-order chi connectivity index (χ1) is 10.1. The van der Waals surface area contributed by atoms with Gasteiger partial charge in [0.05, 0.1) is 6.04 Å². The van der Waals surface area contributed by atoms with E-state index in [1.54, 1.807) is 0 Å². The molecule has 114 valence electrons. The summed E-state index contributed by atoms with van der Waals surface area (Å²) in [6, 6.07) is -0.0890. The summed E-state index contributed by atoms with van der Waals surface area (Å²) >= 11 is 0. The van der Waals surface area contributed by atoms with Gasteiger partial charge < -0.3 is 5.32 Å². The van der Waals surface area contributed by atoms with Crippen LogP contribution in [0.15, 0.2) is 6.33 Å². The molecule has 0 aliphatic heterocycles. The van der Waals surface area contributed by atoms with Gasteiger partial charge in [0.2, 0.25) is 5.91 Å². The molecule has 4 saturated carbocycles. The molecule has 1 amide bonds. The van der Waals surface area contributed by atoms with Gasteiger partial charge >= 0.3 is 0 Å². The van der Waals surface area contributed by atoms with Crippen LogP contribution in [0.3, 0.4) is 0 Å². The molecule has 5 nitrogen and oxygen atoms in total. The van der Waals surface area contributed by atoms with E-state index in [2.05, 4.69) is 20.5 Å². The maximum atomic E-state index is 12.5. The summed E-state index contributed by atoms with van der Waals surface area (Å²) in [7, 11) is 0. The Balaban J connectivity index is 1.40. The molecule has 0 saturated heterocycles. The predicted molar refractivity (Wildman–Crippen MR) is 78.2 cm³/mol. The lowest BCUT2D eigenvalue weighted by molar-refractivity contribution is -0.130. The minimum absolute atomic E-state index is 0.0890. The number of nitrogens with one attached hydrogen (secondary N) is 2. The van der Waals surface area contributed by atoms with E-state index in [-0.39, 0.29) is 11.9 Å². The van der Waals surface area contributed by atoms with E-state index in [9.17, 15) is 4.79 Å². The molecule has 0 aromatic carbocycles. The van der Waals surface area contributed by atoms with Crippen molar-refractivity contribution < 1.29 is 4.79 Å². The quantitative estimate of drug-likeness (QED) is 0.894. The smallest absolute Gasteiger partial charge is 0.221 e. The van der Waals surface area contributed by atoms with E-state index >= 15 is 0 Å². The van der Waals surface area contributed by atoms with E-state index < -0.39 is 0 Å². The van der Waals surface area contributed by atoms with Crippen molar-refractivity contribution in [3.05, 3.63) is 12.2 Å². The van der Waals surface area contributed by atoms with Gasteiger partial charge in [-0.3, -0.25) is 9.89 Å². The van der Waals surface area contributed by atoms with E-state index in [1.807, 2.05) is 6.92 Å². The van der Waals surface area contributed by atoms with Crippen LogP contribution in [0.2, 0.25) is 0 Å². The van der Waals surface area contributed by atoms with Gasteiger partial charge in [-0.1, -0.05) is 0 Å². The molecular weight excluding hydrogens is 264 g/mol. The zero-order valence-corrected chi connectivity index (χ0v) is 12.6. The highest BCUT2D eigenvalue weighted by atomic mass is 16.1. The van der Waals surface area contributed by atoms with Gasteiger partial charge in [-0.05, 0) is 68.6 Å². The summed E-state index contributed by atoms with van der Waals surface area (Å²) in [5.41, 5.74) is 0.306. The van der Waals surface area contributed by atoms with Gasteiger partial charge in [-0.15, -0.1) is 0 Å². The van der Waals surface area contributed by atoms with Crippen LogP contribution in [0, 0.1) is 23.2 Å². The first kappa shape index (κ1) is 13.3. The molecule has 4 bridgehead atoms. The van der Waals surface area contributed by atoms with Crippen molar-refractivity contribution in [2.45, 2.75) is 57.9 Å². The van der Waals surface area contributed by atoms with Crippen LogP contribution in [0.5, 0.6) is 0 Å². The molecule has 21 heavy (non-hydrogen) atoms. The average Bonchev–Trinajstić information content (AvgIpc) is 2.89. The van der Waals surface area contributed by atoms with Gasteiger partial charge in [0, 0.05) is 6.42 Å². The fourth-order valence-corrected chi connectivity index (χ4v) is 5.63. The molecule has 1 aromatic heterocycles. The first-order valence-electron chi connectivity index (χ1n) is 8.26. The number of hydrogen-bond acceptors (Lipinski definition) is 3. The van der Waals surface area contributed by atoms with Crippen LogP contribution in [0.25, 0.3) is 0 Å². The summed E-state index contributed by atoms with van der Waals surface area (Å²) in [4.78, 5) is 16.6. The van der Waals surface area contributed by atoms with Gasteiger partial charge in [-0.2, -0.15) is 5.10 Å². The molecule has 4 aliphatic rings. The number of amides is 1. The Hall–Kier alpha value is -1.39. The largest absolute Gasteiger partial charge is 0.346 e. The van der Waals surface area contributed by atoms with E-state index in [4.69, 9.17) is 0 Å². The van der Waals surface area contributed by atoms with Crippen molar-refractivity contribution in [3.8, 4) is 0 Å². The molecule has 1 unspecified atom stereocenters. The number of H-pyrrole nitrogens is 1. The number of carbonyl (C=O) groups is 1. The summed E-state index contributed by atoms with van der Waals surface area (Å²) in [6.07, 6.45) is 10.3. The van der Waals surface area contributed by atoms with E-state index in [1.165, 1.54) is 44.9 Å². The number of aromatic nitrogens is 3. The number of hydrogen-bond donors (Lipinski definition) is 2. The Labute approximate surface area is 125 Å². The number of rotatable bonds is 4. The molecule has 5 rings (SSSR count). The van der Waals surface area contributed by atoms with Crippen molar-refractivity contribution in [3.63, 3.8) is 0 Å². The lowest BCUT2D eigenvalue weighted by Gasteiger charge is -2.56. The Bertz CT molecular complexity index is 489. The molecule has 5 heteroatoms. The predicted octanol–water partition coefficient (Wildman–Crippen LogP) is 2.59. The molecule has 0 spiro atoms. The highest BCUT2D eigenvalue weighted by molar-refractivity contribution is 5.77. The van der Waals surface area contributed by atoms with Crippen molar-refractivity contribution in [1.29, 1.82) is 0 Å². The van der Waals surface area contributed by atoms with Crippen molar-refractivity contribution >= 4 is 5.91 Å². The maximum absolute atomic E-state index is 12.5. The minimum atomic E-state index is -0.0890. The maximum Gasteiger partial charge on any atom is 0.221 e. The minimum Gasteiger partial charge on any atom is -0.346 e. The van der Waals surface area contributed by atoms with Crippen molar-refractivity contribution in [2.24, 2.45) is 23.2 Å². The molecule has 1 aromatic rings. The van der Waals surface area contributed by atoms with Crippen LogP contribution in [-0.4, -0.2) is 21.1 Å². The van der Waals surface area contributed by atoms with Gasteiger partial charge in [-0.25, -0.2) is 4.98 Å². The number of carbonyl (C=O) groups excluding carboxylic acids is 1. The topological polar surface area (TPSA) is 70.7 Å². The van der Waals surface area contributed by atoms with Crippen LogP contribution in [-0.2, 0) is 4.79 Å². The third-order valence-corrected chi connectivity index (χ3v) is 5.92. The average molecular weight is 288 g/mol. The number of aromatic amines is 1. The summed E-state index contributed by atoms with van der Waals surface area (Å²) in [5.74, 6) is 3.61. The first-order valence-corrected chi connectivity index (χ1v) is 8.26. The monoisotopic (exact) mass is 288 g/mol. The highest BCUT2D eigenvalue weighted by Crippen LogP contribution is 2.61. The molecule has 4 aliphatic carbocycles. The van der Waals surface area contributed by atoms with E-state index in [0.717, 1.165) is 23.6 Å². The standard InChI is InChI=1S/C16H24N4O/c1-10(15-17-9-18-20-15)19-14(21)8-16-5-11-2-12(6-16)4-13(3-11)7-16/h9-13H,2-8H2,1H3,(H,19,21)(H,17,18,20). The fraction of sp³-hybridized carbons (Fsp3) is 0.812. The Morgan fingerprint density at radius 3 is 2.48 bits per heavy atom. The molecular formula is C16H24N4O. The van der Waals surface area contributed by atoms with E-state index in [0.29, 0.717) is 11.8 Å². The lowest BCUT2D eigenvalue weighted by atomic mass is 9.49. The molecule has 4 fully saturated rings. The summed E-state index contributed by atoms with van der Waals surface area (Å²) in [6.45, 7) is 1.96. The fourth-order valence-electron chi connectivity index (χ4n) is 5.63. The Kier molecular flexibility index (Phi) is 3.05. The zero-order chi connectivity index (χ0) is 14.4. The SMILES string of the molecule is CC(NC(=O)CC12CC3CC(CC(C3)C1)C2)c1ncn[nH]1. The zero-order valence-electron chi connectivity index (χ0n) is 12.6. The lowest BCUT2D eigenvalue weighted by Crippen LogP contribution is -2.48. The third-order valence-electron chi connectivity index (χ3n) is 5.92. The molecule has 0 radical (unpaired) electrons. The third kappa shape index (κ3) is 2.47. The normalized spacial score (nSPS) is 38.4. The van der Waals surface area contributed by atoms with Gasteiger partial charge in [0.1, 0.15) is 12.2 Å². The molecule has 1 atom stereocenters. The number of nitrogens with zero attached hydrogens (tertiary/aromatic N) is 2. The Morgan fingerprint density at radius 1 is 1.33 bits per heavy atom. The van der Waals surface area contributed by atoms with Crippen LogP contribution < -0.4 is 5.32 Å². The summed E-state index contributed by atoms with van der Waals surface area (Å²) < 4.78 is 0. The second-order valence-electron chi connectivity index (χ2n) is 7.75. The van der Waals surface area contributed by atoms with Gasteiger partial charge in [0.25, 0.3) is 0 Å². The van der Waals surface area contributed by atoms with Crippen LogP contribution in [0.1, 0.15) is 63.7 Å². The second kappa shape index (κ2) is 4.82. The second-order valence-corrected chi connectivity index (χ2v) is 7.75. The molecule has 2 N–H and O–H groups in total. The molecule has 1 heterocycles. The highest BCUT2D eigenvalue weighted by Gasteiger charge is 2.51. The van der Waals surface area contributed by atoms with Crippen molar-refractivity contribution in [2.75, 3.05) is 0 Å². The van der Waals surface area contributed by atoms with Crippen LogP contribution >= 0.6 is 0 Å².